The molecule has 0 amide bonds. The van der Waals surface area contributed by atoms with Crippen LogP contribution in [0.4, 0.5) is 0 Å². The maximum absolute atomic E-state index is 10.1. The number of aliphatic hydroxyl groups excluding tert-OH is 1. The van der Waals surface area contributed by atoms with Gasteiger partial charge in [0.15, 0.2) is 0 Å². The summed E-state index contributed by atoms with van der Waals surface area (Å²) in [5, 5.41) is 10.1. The van der Waals surface area contributed by atoms with Gasteiger partial charge in [-0.2, -0.15) is 0 Å². The highest BCUT2D eigenvalue weighted by atomic mass is 16.5. The predicted molar refractivity (Wildman–Crippen MR) is 87.1 cm³/mol. The molecule has 1 aliphatic carbocycles. The van der Waals surface area contributed by atoms with Crippen LogP contribution in [0, 0.1) is 0 Å². The number of fused-ring (bicyclic) bond motifs is 1. The first-order chi connectivity index (χ1) is 10.8. The summed E-state index contributed by atoms with van der Waals surface area (Å²) >= 11 is 0. The minimum absolute atomic E-state index is 0.346. The van der Waals surface area contributed by atoms with Crippen molar-refractivity contribution in [3.05, 3.63) is 59.4 Å². The second-order valence-corrected chi connectivity index (χ2v) is 6.00. The van der Waals surface area contributed by atoms with E-state index in [4.69, 9.17) is 4.74 Å². The lowest BCUT2D eigenvalue weighted by molar-refractivity contribution is 0.100. The van der Waals surface area contributed by atoms with E-state index in [9.17, 15) is 5.11 Å². The first-order valence-electron chi connectivity index (χ1n) is 8.13. The molecule has 1 aromatic heterocycles. The molecule has 0 fully saturated rings. The van der Waals surface area contributed by atoms with E-state index in [2.05, 4.69) is 17.1 Å². The maximum Gasteiger partial charge on any atom is 0.119 e. The van der Waals surface area contributed by atoms with Crippen LogP contribution in [-0.4, -0.2) is 22.8 Å². The summed E-state index contributed by atoms with van der Waals surface area (Å²) in [6.07, 6.45) is 9.57. The average molecular weight is 297 g/mol. The van der Waals surface area contributed by atoms with E-state index in [0.717, 1.165) is 24.2 Å². The van der Waals surface area contributed by atoms with Gasteiger partial charge in [-0.25, -0.2) is 0 Å². The minimum Gasteiger partial charge on any atom is -0.491 e. The highest BCUT2D eigenvalue weighted by Gasteiger charge is 2.11. The van der Waals surface area contributed by atoms with Crippen molar-refractivity contribution in [3.8, 4) is 5.75 Å². The van der Waals surface area contributed by atoms with E-state index >= 15 is 0 Å². The summed E-state index contributed by atoms with van der Waals surface area (Å²) in [5.41, 5.74) is 4.01. The molecule has 3 heteroatoms. The van der Waals surface area contributed by atoms with Crippen LogP contribution in [0.2, 0.25) is 0 Å². The quantitative estimate of drug-likeness (QED) is 0.889. The van der Waals surface area contributed by atoms with E-state index in [1.54, 1.807) is 6.20 Å². The number of pyridine rings is 1. The van der Waals surface area contributed by atoms with Crippen molar-refractivity contribution in [2.24, 2.45) is 0 Å². The molecule has 3 nitrogen and oxygen atoms in total. The van der Waals surface area contributed by atoms with Crippen molar-refractivity contribution in [2.45, 2.75) is 44.6 Å². The Morgan fingerprint density at radius 3 is 2.82 bits per heavy atom. The third kappa shape index (κ3) is 4.08. The summed E-state index contributed by atoms with van der Waals surface area (Å²) in [7, 11) is 0. The molecule has 0 saturated heterocycles. The largest absolute Gasteiger partial charge is 0.491 e. The monoisotopic (exact) mass is 297 g/mol. The van der Waals surface area contributed by atoms with Crippen molar-refractivity contribution >= 4 is 0 Å². The molecule has 116 valence electrons. The van der Waals surface area contributed by atoms with Gasteiger partial charge < -0.3 is 9.84 Å². The van der Waals surface area contributed by atoms with Crippen LogP contribution >= 0.6 is 0 Å². The van der Waals surface area contributed by atoms with Crippen LogP contribution in [0.25, 0.3) is 0 Å². The minimum atomic E-state index is -0.448. The molecule has 1 aromatic carbocycles. The van der Waals surface area contributed by atoms with E-state index < -0.39 is 6.10 Å². The van der Waals surface area contributed by atoms with Gasteiger partial charge >= 0.3 is 0 Å². The van der Waals surface area contributed by atoms with Crippen LogP contribution in [0.1, 0.15) is 36.0 Å². The zero-order valence-electron chi connectivity index (χ0n) is 12.9. The second-order valence-electron chi connectivity index (χ2n) is 6.00. The number of nitrogens with zero attached hydrogens (tertiary/aromatic N) is 1. The highest BCUT2D eigenvalue weighted by molar-refractivity contribution is 5.37. The van der Waals surface area contributed by atoms with Gasteiger partial charge in [0.05, 0.1) is 6.10 Å². The van der Waals surface area contributed by atoms with Gasteiger partial charge in [0.25, 0.3) is 0 Å². The lowest BCUT2D eigenvalue weighted by Gasteiger charge is -2.18. The Bertz CT molecular complexity index is 598. The fourth-order valence-corrected chi connectivity index (χ4v) is 2.95. The number of aliphatic hydroxyl groups is 1. The summed E-state index contributed by atoms with van der Waals surface area (Å²) in [5.74, 6) is 0.876. The van der Waals surface area contributed by atoms with Gasteiger partial charge in [0.1, 0.15) is 12.4 Å². The van der Waals surface area contributed by atoms with Crippen LogP contribution in [0.15, 0.2) is 42.7 Å². The molecule has 3 rings (SSSR count). The fourth-order valence-electron chi connectivity index (χ4n) is 2.95. The Hall–Kier alpha value is -1.87. The molecule has 1 aliphatic rings. The van der Waals surface area contributed by atoms with E-state index in [0.29, 0.717) is 13.0 Å². The van der Waals surface area contributed by atoms with Crippen LogP contribution in [0.3, 0.4) is 0 Å². The SMILES string of the molecule is OC(CCc1cccnc1)COc1ccc2c(c1)CCCC2. The van der Waals surface area contributed by atoms with Crippen molar-refractivity contribution < 1.29 is 9.84 Å². The Morgan fingerprint density at radius 1 is 1.14 bits per heavy atom. The Labute approximate surface area is 132 Å². The Kier molecular flexibility index (Phi) is 5.07. The Morgan fingerprint density at radius 2 is 2.00 bits per heavy atom. The molecule has 0 aliphatic heterocycles. The van der Waals surface area contributed by atoms with Gasteiger partial charge in [-0.15, -0.1) is 0 Å². The highest BCUT2D eigenvalue weighted by Crippen LogP contribution is 2.25. The topological polar surface area (TPSA) is 42.4 Å². The smallest absolute Gasteiger partial charge is 0.119 e. The van der Waals surface area contributed by atoms with Gasteiger partial charge in [-0.1, -0.05) is 12.1 Å². The van der Waals surface area contributed by atoms with Crippen molar-refractivity contribution in [2.75, 3.05) is 6.61 Å². The number of benzene rings is 1. The molecule has 2 aromatic rings. The van der Waals surface area contributed by atoms with E-state index in [1.165, 1.54) is 30.4 Å². The fraction of sp³-hybridized carbons (Fsp3) is 0.421. The van der Waals surface area contributed by atoms with Crippen molar-refractivity contribution in [1.82, 2.24) is 4.98 Å². The van der Waals surface area contributed by atoms with Gasteiger partial charge in [-0.3, -0.25) is 4.98 Å². The number of aromatic nitrogens is 1. The zero-order valence-corrected chi connectivity index (χ0v) is 12.9. The lowest BCUT2D eigenvalue weighted by atomic mass is 9.92. The van der Waals surface area contributed by atoms with Crippen molar-refractivity contribution in [1.29, 1.82) is 0 Å². The third-order valence-electron chi connectivity index (χ3n) is 4.25. The molecule has 0 radical (unpaired) electrons. The molecule has 0 spiro atoms. The molecule has 1 atom stereocenters. The summed E-state index contributed by atoms with van der Waals surface area (Å²) in [4.78, 5) is 4.08. The summed E-state index contributed by atoms with van der Waals surface area (Å²) in [6, 6.07) is 10.3. The standard InChI is InChI=1S/C19H23NO2/c21-18(9-7-15-4-3-11-20-13-15)14-22-19-10-8-16-5-1-2-6-17(16)12-19/h3-4,8,10-13,18,21H,1-2,5-7,9,14H2. The van der Waals surface area contributed by atoms with E-state index in [1.807, 2.05) is 24.4 Å². The first-order valence-corrected chi connectivity index (χ1v) is 8.13. The first kappa shape index (κ1) is 15.0. The summed E-state index contributed by atoms with van der Waals surface area (Å²) < 4.78 is 5.76. The number of rotatable bonds is 6. The second kappa shape index (κ2) is 7.41. The molecule has 0 bridgehead atoms. The third-order valence-corrected chi connectivity index (χ3v) is 4.25. The van der Waals surface area contributed by atoms with Gasteiger partial charge in [-0.05, 0) is 73.4 Å². The number of ether oxygens (including phenoxy) is 1. The normalized spacial score (nSPS) is 15.1. The zero-order chi connectivity index (χ0) is 15.2. The van der Waals surface area contributed by atoms with Gasteiger partial charge in [0.2, 0.25) is 0 Å². The molecular weight excluding hydrogens is 274 g/mol. The molecular formula is C19H23NO2. The lowest BCUT2D eigenvalue weighted by Crippen LogP contribution is -2.18. The average Bonchev–Trinajstić information content (AvgIpc) is 2.59. The Balaban J connectivity index is 1.47. The molecule has 1 heterocycles. The van der Waals surface area contributed by atoms with Gasteiger partial charge in [0, 0.05) is 12.4 Å². The van der Waals surface area contributed by atoms with E-state index in [-0.39, 0.29) is 0 Å². The maximum atomic E-state index is 10.1. The molecule has 1 unspecified atom stereocenters. The molecule has 0 saturated carbocycles. The summed E-state index contributed by atoms with van der Waals surface area (Å²) in [6.45, 7) is 0.346. The number of hydrogen-bond acceptors (Lipinski definition) is 3. The predicted octanol–water partition coefficient (Wildman–Crippen LogP) is 3.33. The molecule has 22 heavy (non-hydrogen) atoms. The number of aryl methyl sites for hydroxylation is 3. The van der Waals surface area contributed by atoms with Crippen molar-refractivity contribution in [3.63, 3.8) is 0 Å². The van der Waals surface area contributed by atoms with Crippen LogP contribution in [-0.2, 0) is 19.3 Å². The molecule has 1 N–H and O–H groups in total. The van der Waals surface area contributed by atoms with Crippen LogP contribution in [0.5, 0.6) is 5.75 Å². The number of hydrogen-bond donors (Lipinski definition) is 1. The van der Waals surface area contributed by atoms with Crippen LogP contribution < -0.4 is 4.74 Å².